The van der Waals surface area contributed by atoms with Gasteiger partial charge >= 0.3 is 0 Å². The van der Waals surface area contributed by atoms with E-state index < -0.39 is 10.0 Å². The third-order valence-electron chi connectivity index (χ3n) is 6.09. The first-order valence-corrected chi connectivity index (χ1v) is 13.0. The van der Waals surface area contributed by atoms with Crippen LogP contribution in [0.1, 0.15) is 12.8 Å². The molecule has 10 nitrogen and oxygen atoms in total. The van der Waals surface area contributed by atoms with Gasteiger partial charge in [0.1, 0.15) is 0 Å². The van der Waals surface area contributed by atoms with E-state index in [0.717, 1.165) is 12.2 Å². The molecule has 0 aromatic heterocycles. The number of rotatable bonds is 7. The Bertz CT molecular complexity index is 1160. The van der Waals surface area contributed by atoms with E-state index in [1.807, 2.05) is 17.0 Å². The molecule has 2 heterocycles. The van der Waals surface area contributed by atoms with E-state index in [4.69, 9.17) is 0 Å². The van der Waals surface area contributed by atoms with Crippen LogP contribution in [0.3, 0.4) is 0 Å². The Kier molecular flexibility index (Phi) is 7.67. The number of benzene rings is 2. The Morgan fingerprint density at radius 1 is 0.886 bits per heavy atom. The lowest BCUT2D eigenvalue weighted by Gasteiger charge is -2.34. The van der Waals surface area contributed by atoms with Crippen molar-refractivity contribution < 1.29 is 22.8 Å². The fraction of sp³-hybridized carbons (Fsp3) is 0.375. The second kappa shape index (κ2) is 10.9. The summed E-state index contributed by atoms with van der Waals surface area (Å²) in [6.07, 6.45) is 0.0909. The predicted molar refractivity (Wildman–Crippen MR) is 131 cm³/mol. The van der Waals surface area contributed by atoms with Crippen molar-refractivity contribution in [3.63, 3.8) is 0 Å². The minimum atomic E-state index is -3.58. The fourth-order valence-corrected chi connectivity index (χ4v) is 5.58. The van der Waals surface area contributed by atoms with E-state index in [1.165, 1.54) is 4.31 Å². The molecule has 35 heavy (non-hydrogen) atoms. The van der Waals surface area contributed by atoms with E-state index in [0.29, 0.717) is 31.9 Å². The Hall–Kier alpha value is -3.44. The van der Waals surface area contributed by atoms with Crippen LogP contribution in [-0.2, 0) is 24.4 Å². The van der Waals surface area contributed by atoms with E-state index in [1.54, 1.807) is 47.4 Å². The summed E-state index contributed by atoms with van der Waals surface area (Å²) in [5.74, 6) is -0.457. The van der Waals surface area contributed by atoms with Gasteiger partial charge in [0.25, 0.3) is 0 Å². The topological polar surface area (TPSA) is 119 Å². The number of piperazine rings is 2. The number of carbonyl (C=O) groups excluding carboxylic acids is 3. The number of amides is 3. The molecule has 2 aromatic rings. The highest BCUT2D eigenvalue weighted by Crippen LogP contribution is 2.20. The maximum Gasteiger partial charge on any atom is 0.243 e. The van der Waals surface area contributed by atoms with E-state index in [2.05, 4.69) is 10.6 Å². The molecule has 2 saturated heterocycles. The highest BCUT2D eigenvalue weighted by atomic mass is 32.2. The number of carbonyl (C=O) groups is 3. The lowest BCUT2D eigenvalue weighted by atomic mass is 10.2. The smallest absolute Gasteiger partial charge is 0.243 e. The van der Waals surface area contributed by atoms with Crippen molar-refractivity contribution in [1.29, 1.82) is 0 Å². The number of hydrogen-bond acceptors (Lipinski definition) is 6. The monoisotopic (exact) mass is 499 g/mol. The molecular formula is C24H29N5O5S. The van der Waals surface area contributed by atoms with Crippen molar-refractivity contribution in [2.24, 2.45) is 0 Å². The lowest BCUT2D eigenvalue weighted by molar-refractivity contribution is -0.133. The molecule has 0 unspecified atom stereocenters. The molecule has 2 N–H and O–H groups in total. The summed E-state index contributed by atoms with van der Waals surface area (Å²) in [6, 6.07) is 15.5. The van der Waals surface area contributed by atoms with Crippen molar-refractivity contribution in [3.05, 3.63) is 54.6 Å². The van der Waals surface area contributed by atoms with Gasteiger partial charge in [0.15, 0.2) is 0 Å². The normalized spacial score (nSPS) is 17.1. The highest BCUT2D eigenvalue weighted by molar-refractivity contribution is 7.89. The minimum Gasteiger partial charge on any atom is -0.360 e. The van der Waals surface area contributed by atoms with Gasteiger partial charge in [-0.3, -0.25) is 14.4 Å². The number of hydrogen-bond donors (Lipinski definition) is 2. The van der Waals surface area contributed by atoms with Gasteiger partial charge in [-0.25, -0.2) is 8.42 Å². The molecule has 3 amide bonds. The summed E-state index contributed by atoms with van der Waals surface area (Å²) >= 11 is 0. The Labute approximate surface area is 204 Å². The zero-order valence-corrected chi connectivity index (χ0v) is 20.2. The van der Waals surface area contributed by atoms with Gasteiger partial charge in [-0.1, -0.05) is 18.2 Å². The Morgan fingerprint density at radius 2 is 1.57 bits per heavy atom. The minimum absolute atomic E-state index is 0.0162. The van der Waals surface area contributed by atoms with E-state index in [9.17, 15) is 22.8 Å². The molecule has 11 heteroatoms. The fourth-order valence-electron chi connectivity index (χ4n) is 4.14. The average Bonchev–Trinajstić information content (AvgIpc) is 2.88. The summed E-state index contributed by atoms with van der Waals surface area (Å²) < 4.78 is 26.8. The molecular weight excluding hydrogens is 470 g/mol. The summed E-state index contributed by atoms with van der Waals surface area (Å²) in [5.41, 5.74) is 1.52. The molecule has 4 rings (SSSR count). The van der Waals surface area contributed by atoms with Gasteiger partial charge < -0.3 is 20.4 Å². The van der Waals surface area contributed by atoms with Gasteiger partial charge in [0.05, 0.1) is 11.4 Å². The van der Waals surface area contributed by atoms with Gasteiger partial charge in [-0.05, 0) is 36.4 Å². The number of nitrogens with zero attached hydrogens (tertiary/aromatic N) is 3. The second-order valence-electron chi connectivity index (χ2n) is 8.46. The second-order valence-corrected chi connectivity index (χ2v) is 10.4. The SMILES string of the molecule is O=C1CN(c2ccc(NC(=O)CCC(=O)N3CCN(S(=O)(=O)c4ccccc4)CC3)cc2)CCN1. The number of anilines is 2. The van der Waals surface area contributed by atoms with Crippen molar-refractivity contribution >= 4 is 39.1 Å². The molecule has 0 aliphatic carbocycles. The quantitative estimate of drug-likeness (QED) is 0.584. The third kappa shape index (κ3) is 6.17. The van der Waals surface area contributed by atoms with Crippen LogP contribution in [0.15, 0.2) is 59.5 Å². The van der Waals surface area contributed by atoms with E-state index >= 15 is 0 Å². The highest BCUT2D eigenvalue weighted by Gasteiger charge is 2.30. The summed E-state index contributed by atoms with van der Waals surface area (Å²) in [5, 5.41) is 5.57. The van der Waals surface area contributed by atoms with Crippen molar-refractivity contribution in [2.45, 2.75) is 17.7 Å². The maximum atomic E-state index is 12.7. The molecule has 0 radical (unpaired) electrons. The Morgan fingerprint density at radius 3 is 2.23 bits per heavy atom. The van der Waals surface area contributed by atoms with E-state index in [-0.39, 0.29) is 48.5 Å². The van der Waals surface area contributed by atoms with Crippen LogP contribution in [-0.4, -0.2) is 81.2 Å². The Balaban J connectivity index is 1.21. The molecule has 0 atom stereocenters. The van der Waals surface area contributed by atoms with Crippen molar-refractivity contribution in [2.75, 3.05) is 56.0 Å². The van der Waals surface area contributed by atoms with Crippen molar-refractivity contribution in [1.82, 2.24) is 14.5 Å². The molecule has 2 aliphatic heterocycles. The summed E-state index contributed by atoms with van der Waals surface area (Å²) in [6.45, 7) is 2.67. The van der Waals surface area contributed by atoms with Crippen LogP contribution in [0.5, 0.6) is 0 Å². The molecule has 2 aliphatic rings. The van der Waals surface area contributed by atoms with Gasteiger partial charge in [-0.2, -0.15) is 4.31 Å². The average molecular weight is 500 g/mol. The van der Waals surface area contributed by atoms with Crippen LogP contribution < -0.4 is 15.5 Å². The zero-order chi connectivity index (χ0) is 24.8. The summed E-state index contributed by atoms with van der Waals surface area (Å²) in [7, 11) is -3.58. The molecule has 0 spiro atoms. The van der Waals surface area contributed by atoms with Gasteiger partial charge in [0, 0.05) is 63.5 Å². The van der Waals surface area contributed by atoms with Crippen LogP contribution in [0, 0.1) is 0 Å². The molecule has 2 aromatic carbocycles. The first-order valence-electron chi connectivity index (χ1n) is 11.6. The lowest BCUT2D eigenvalue weighted by Crippen LogP contribution is -2.50. The molecule has 0 saturated carbocycles. The maximum absolute atomic E-state index is 12.7. The van der Waals surface area contributed by atoms with Crippen LogP contribution in [0.4, 0.5) is 11.4 Å². The largest absolute Gasteiger partial charge is 0.360 e. The van der Waals surface area contributed by atoms with Gasteiger partial charge in [-0.15, -0.1) is 0 Å². The number of nitrogens with one attached hydrogen (secondary N) is 2. The molecule has 2 fully saturated rings. The van der Waals surface area contributed by atoms with Crippen molar-refractivity contribution in [3.8, 4) is 0 Å². The summed E-state index contributed by atoms with van der Waals surface area (Å²) in [4.78, 5) is 40.3. The van der Waals surface area contributed by atoms with Crippen LogP contribution >= 0.6 is 0 Å². The first-order chi connectivity index (χ1) is 16.8. The standard InChI is InChI=1S/C24H29N5O5S/c30-22(26-19-6-8-20(9-7-19)28-13-12-25-23(31)18-28)10-11-24(32)27-14-16-29(17-15-27)35(33,34)21-4-2-1-3-5-21/h1-9H,10-18H2,(H,25,31)(H,26,30). The number of sulfonamides is 1. The third-order valence-corrected chi connectivity index (χ3v) is 8.01. The van der Waals surface area contributed by atoms with Crippen LogP contribution in [0.2, 0.25) is 0 Å². The van der Waals surface area contributed by atoms with Gasteiger partial charge in [0.2, 0.25) is 27.7 Å². The zero-order valence-electron chi connectivity index (χ0n) is 19.4. The molecule has 186 valence electrons. The first kappa shape index (κ1) is 24.7. The van der Waals surface area contributed by atoms with Crippen LogP contribution in [0.25, 0.3) is 0 Å². The molecule has 0 bridgehead atoms. The predicted octanol–water partition coefficient (Wildman–Crippen LogP) is 0.875.